The summed E-state index contributed by atoms with van der Waals surface area (Å²) < 4.78 is 5.61. The van der Waals surface area contributed by atoms with Crippen LogP contribution in [0.1, 0.15) is 25.5 Å². The molecule has 0 bridgehead atoms. The molecule has 120 valence electrons. The standard InChI is InChI=1S/C17H26N4O/c1-2-18-16(20-10-6-15-5-3-4-9-19-15)21-11-7-17(13-21)8-12-22-14-17/h3-5,9H,2,6-8,10-14H2,1H3,(H,18,20). The summed E-state index contributed by atoms with van der Waals surface area (Å²) in [5.41, 5.74) is 1.47. The quantitative estimate of drug-likeness (QED) is 0.679. The van der Waals surface area contributed by atoms with Crippen molar-refractivity contribution in [3.63, 3.8) is 0 Å². The SMILES string of the molecule is CCNC(=NCCc1ccccn1)N1CCC2(CCOC2)C1. The molecule has 1 aromatic heterocycles. The Kier molecular flexibility index (Phi) is 4.93. The molecule has 22 heavy (non-hydrogen) atoms. The van der Waals surface area contributed by atoms with E-state index in [1.165, 1.54) is 12.8 Å². The van der Waals surface area contributed by atoms with Crippen LogP contribution < -0.4 is 5.32 Å². The van der Waals surface area contributed by atoms with E-state index < -0.39 is 0 Å². The number of aliphatic imine (C=N–C) groups is 1. The van der Waals surface area contributed by atoms with Gasteiger partial charge in [0.2, 0.25) is 0 Å². The number of hydrogen-bond acceptors (Lipinski definition) is 3. The zero-order valence-electron chi connectivity index (χ0n) is 13.4. The van der Waals surface area contributed by atoms with Gasteiger partial charge in [0.05, 0.1) is 6.61 Å². The Morgan fingerprint density at radius 3 is 3.14 bits per heavy atom. The predicted octanol–water partition coefficient (Wildman–Crippen LogP) is 1.70. The van der Waals surface area contributed by atoms with Crippen LogP contribution in [-0.4, -0.2) is 55.2 Å². The number of ether oxygens (including phenoxy) is 1. The second kappa shape index (κ2) is 7.09. The molecule has 5 nitrogen and oxygen atoms in total. The topological polar surface area (TPSA) is 49.8 Å². The first-order valence-electron chi connectivity index (χ1n) is 8.32. The molecule has 2 aliphatic heterocycles. The zero-order chi connectivity index (χ0) is 15.3. The fraction of sp³-hybridized carbons (Fsp3) is 0.647. The van der Waals surface area contributed by atoms with Crippen LogP contribution in [0.25, 0.3) is 0 Å². The summed E-state index contributed by atoms with van der Waals surface area (Å²) >= 11 is 0. The van der Waals surface area contributed by atoms with E-state index in [0.29, 0.717) is 5.41 Å². The first-order valence-corrected chi connectivity index (χ1v) is 8.32. The summed E-state index contributed by atoms with van der Waals surface area (Å²) in [6.45, 7) is 7.79. The number of pyridine rings is 1. The molecule has 2 aliphatic rings. The number of aromatic nitrogens is 1. The minimum atomic E-state index is 0.372. The van der Waals surface area contributed by atoms with Crippen molar-refractivity contribution in [1.29, 1.82) is 0 Å². The predicted molar refractivity (Wildman–Crippen MR) is 88.0 cm³/mol. The molecule has 5 heteroatoms. The summed E-state index contributed by atoms with van der Waals surface area (Å²) in [6, 6.07) is 6.04. The molecule has 3 heterocycles. The van der Waals surface area contributed by atoms with E-state index >= 15 is 0 Å². The lowest BCUT2D eigenvalue weighted by Crippen LogP contribution is -2.41. The largest absolute Gasteiger partial charge is 0.381 e. The Morgan fingerprint density at radius 1 is 1.45 bits per heavy atom. The van der Waals surface area contributed by atoms with Crippen molar-refractivity contribution in [2.24, 2.45) is 10.4 Å². The minimum absolute atomic E-state index is 0.372. The third kappa shape index (κ3) is 3.58. The van der Waals surface area contributed by atoms with Crippen molar-refractivity contribution in [3.05, 3.63) is 30.1 Å². The normalized spacial score (nSPS) is 25.1. The smallest absolute Gasteiger partial charge is 0.193 e. The van der Waals surface area contributed by atoms with Crippen LogP contribution in [0.3, 0.4) is 0 Å². The molecule has 0 saturated carbocycles. The van der Waals surface area contributed by atoms with Gasteiger partial charge in [-0.3, -0.25) is 9.98 Å². The molecule has 1 aromatic rings. The van der Waals surface area contributed by atoms with Crippen molar-refractivity contribution in [1.82, 2.24) is 15.2 Å². The lowest BCUT2D eigenvalue weighted by Gasteiger charge is -2.24. The Morgan fingerprint density at radius 2 is 2.41 bits per heavy atom. The maximum absolute atomic E-state index is 5.61. The molecule has 3 rings (SSSR count). The highest BCUT2D eigenvalue weighted by Gasteiger charge is 2.42. The lowest BCUT2D eigenvalue weighted by atomic mass is 9.87. The summed E-state index contributed by atoms with van der Waals surface area (Å²) in [7, 11) is 0. The Balaban J connectivity index is 1.58. The van der Waals surface area contributed by atoms with Crippen LogP contribution in [0.2, 0.25) is 0 Å². The summed E-state index contributed by atoms with van der Waals surface area (Å²) in [4.78, 5) is 11.6. The highest BCUT2D eigenvalue weighted by molar-refractivity contribution is 5.80. The van der Waals surface area contributed by atoms with Gasteiger partial charge in [0, 0.05) is 56.5 Å². The molecule has 2 saturated heterocycles. The minimum Gasteiger partial charge on any atom is -0.381 e. The van der Waals surface area contributed by atoms with Crippen molar-refractivity contribution in [3.8, 4) is 0 Å². The van der Waals surface area contributed by atoms with Gasteiger partial charge in [0.25, 0.3) is 0 Å². The number of nitrogens with zero attached hydrogens (tertiary/aromatic N) is 3. The fourth-order valence-electron chi connectivity index (χ4n) is 3.34. The van der Waals surface area contributed by atoms with Gasteiger partial charge in [-0.1, -0.05) is 6.07 Å². The maximum atomic E-state index is 5.61. The van der Waals surface area contributed by atoms with E-state index in [9.17, 15) is 0 Å². The number of guanidine groups is 1. The number of hydrogen-bond donors (Lipinski definition) is 1. The maximum Gasteiger partial charge on any atom is 0.193 e. The highest BCUT2D eigenvalue weighted by Crippen LogP contribution is 2.38. The third-order valence-corrected chi connectivity index (χ3v) is 4.61. The van der Waals surface area contributed by atoms with Gasteiger partial charge < -0.3 is 15.0 Å². The van der Waals surface area contributed by atoms with Crippen LogP contribution in [0.4, 0.5) is 0 Å². The van der Waals surface area contributed by atoms with E-state index in [2.05, 4.69) is 28.2 Å². The fourth-order valence-corrected chi connectivity index (χ4v) is 3.34. The van der Waals surface area contributed by atoms with Crippen molar-refractivity contribution in [2.45, 2.75) is 26.2 Å². The van der Waals surface area contributed by atoms with Crippen molar-refractivity contribution in [2.75, 3.05) is 39.4 Å². The van der Waals surface area contributed by atoms with Gasteiger partial charge >= 0.3 is 0 Å². The number of likely N-dealkylation sites (tertiary alicyclic amines) is 1. The van der Waals surface area contributed by atoms with Gasteiger partial charge in [0.15, 0.2) is 5.96 Å². The molecule has 1 spiro atoms. The Labute approximate surface area is 132 Å². The monoisotopic (exact) mass is 302 g/mol. The molecule has 1 unspecified atom stereocenters. The van der Waals surface area contributed by atoms with E-state index in [1.54, 1.807) is 0 Å². The number of rotatable bonds is 4. The van der Waals surface area contributed by atoms with E-state index in [0.717, 1.165) is 57.5 Å². The highest BCUT2D eigenvalue weighted by atomic mass is 16.5. The first-order chi connectivity index (χ1) is 10.8. The second-order valence-electron chi connectivity index (χ2n) is 6.28. The third-order valence-electron chi connectivity index (χ3n) is 4.61. The second-order valence-corrected chi connectivity index (χ2v) is 6.28. The summed E-state index contributed by atoms with van der Waals surface area (Å²) in [5, 5.41) is 3.43. The molecular formula is C17H26N4O. The van der Waals surface area contributed by atoms with Crippen LogP contribution in [0.5, 0.6) is 0 Å². The van der Waals surface area contributed by atoms with Gasteiger partial charge in [0.1, 0.15) is 0 Å². The molecule has 0 radical (unpaired) electrons. The number of nitrogens with one attached hydrogen (secondary N) is 1. The van der Waals surface area contributed by atoms with Crippen LogP contribution in [0.15, 0.2) is 29.4 Å². The molecule has 1 N–H and O–H groups in total. The van der Waals surface area contributed by atoms with Crippen molar-refractivity contribution >= 4 is 5.96 Å². The van der Waals surface area contributed by atoms with Gasteiger partial charge in [-0.2, -0.15) is 0 Å². The van der Waals surface area contributed by atoms with Gasteiger partial charge in [-0.25, -0.2) is 0 Å². The van der Waals surface area contributed by atoms with Gasteiger partial charge in [-0.05, 0) is 31.9 Å². The molecule has 1 atom stereocenters. The molecule has 0 aromatic carbocycles. The lowest BCUT2D eigenvalue weighted by molar-refractivity contribution is 0.156. The summed E-state index contributed by atoms with van der Waals surface area (Å²) in [5.74, 6) is 1.04. The van der Waals surface area contributed by atoms with Crippen molar-refractivity contribution < 1.29 is 4.74 Å². The Bertz CT molecular complexity index is 497. The summed E-state index contributed by atoms with van der Waals surface area (Å²) in [6.07, 6.45) is 5.14. The molecule has 0 aliphatic carbocycles. The molecular weight excluding hydrogens is 276 g/mol. The van der Waals surface area contributed by atoms with Crippen LogP contribution in [0, 0.1) is 5.41 Å². The average Bonchev–Trinajstić information content (AvgIpc) is 3.18. The van der Waals surface area contributed by atoms with E-state index in [1.807, 2.05) is 18.3 Å². The Hall–Kier alpha value is -1.62. The van der Waals surface area contributed by atoms with Crippen LogP contribution >= 0.6 is 0 Å². The first kappa shape index (κ1) is 15.3. The van der Waals surface area contributed by atoms with E-state index in [4.69, 9.17) is 9.73 Å². The molecule has 0 amide bonds. The van der Waals surface area contributed by atoms with Gasteiger partial charge in [-0.15, -0.1) is 0 Å². The van der Waals surface area contributed by atoms with Crippen LogP contribution in [-0.2, 0) is 11.2 Å². The average molecular weight is 302 g/mol. The van der Waals surface area contributed by atoms with E-state index in [-0.39, 0.29) is 0 Å². The molecule has 2 fully saturated rings. The zero-order valence-corrected chi connectivity index (χ0v) is 13.4.